The van der Waals surface area contributed by atoms with Crippen LogP contribution < -0.4 is 5.32 Å². The van der Waals surface area contributed by atoms with Crippen molar-refractivity contribution in [1.82, 2.24) is 0 Å². The molecule has 0 amide bonds. The molecule has 1 N–H and O–H groups in total. The third kappa shape index (κ3) is 4.10. The van der Waals surface area contributed by atoms with E-state index in [2.05, 4.69) is 5.32 Å². The lowest BCUT2D eigenvalue weighted by atomic mass is 10.3. The summed E-state index contributed by atoms with van der Waals surface area (Å²) < 4.78 is 9.62. The second-order valence-electron chi connectivity index (χ2n) is 3.42. The Balaban J connectivity index is 2.84. The number of nitriles is 1. The number of thiophene rings is 1. The van der Waals surface area contributed by atoms with Crippen molar-refractivity contribution in [3.63, 3.8) is 0 Å². The van der Waals surface area contributed by atoms with Crippen LogP contribution >= 0.6 is 11.3 Å². The molecule has 0 saturated carbocycles. The Morgan fingerprint density at radius 2 is 2.10 bits per heavy atom. The molecule has 0 aliphatic heterocycles. The minimum atomic E-state index is -0.711. The summed E-state index contributed by atoms with van der Waals surface area (Å²) >= 11 is 1.26. The molecular weight excluding hydrogens is 280 g/mol. The summed E-state index contributed by atoms with van der Waals surface area (Å²) in [6.45, 7) is 3.82. The first-order valence-corrected chi connectivity index (χ1v) is 6.80. The summed E-state index contributed by atoms with van der Waals surface area (Å²) in [7, 11) is 0. The number of carbonyl (C=O) groups excluding carboxylic acids is 2. The summed E-state index contributed by atoms with van der Waals surface area (Å²) in [5.41, 5.74) is 0.185. The topological polar surface area (TPSA) is 88.4 Å². The predicted octanol–water partition coefficient (Wildman–Crippen LogP) is 2.31. The average Bonchev–Trinajstić information content (AvgIpc) is 2.88. The van der Waals surface area contributed by atoms with E-state index in [9.17, 15) is 9.59 Å². The van der Waals surface area contributed by atoms with Gasteiger partial charge >= 0.3 is 11.9 Å². The van der Waals surface area contributed by atoms with Crippen LogP contribution in [0.2, 0.25) is 0 Å². The van der Waals surface area contributed by atoms with Crippen molar-refractivity contribution in [2.24, 2.45) is 0 Å². The highest BCUT2D eigenvalue weighted by Crippen LogP contribution is 2.24. The van der Waals surface area contributed by atoms with Crippen molar-refractivity contribution in [1.29, 1.82) is 5.26 Å². The third-order valence-corrected chi connectivity index (χ3v) is 2.97. The lowest BCUT2D eigenvalue weighted by Gasteiger charge is -2.04. The van der Waals surface area contributed by atoms with Crippen molar-refractivity contribution in [3.05, 3.63) is 28.8 Å². The molecule has 0 saturated heterocycles. The second-order valence-corrected chi connectivity index (χ2v) is 4.33. The molecule has 1 aromatic rings. The first-order valence-electron chi connectivity index (χ1n) is 5.92. The van der Waals surface area contributed by atoms with E-state index in [1.165, 1.54) is 17.5 Å². The van der Waals surface area contributed by atoms with Gasteiger partial charge in [-0.3, -0.25) is 0 Å². The molecule has 0 fully saturated rings. The number of nitrogens with zero attached hydrogens (tertiary/aromatic N) is 1. The fourth-order valence-corrected chi connectivity index (χ4v) is 2.02. The van der Waals surface area contributed by atoms with E-state index < -0.39 is 11.9 Å². The number of rotatable bonds is 6. The minimum Gasteiger partial charge on any atom is -0.462 e. The first-order chi connectivity index (χ1) is 9.63. The number of hydrogen-bond donors (Lipinski definition) is 1. The number of hydrogen-bond acceptors (Lipinski definition) is 7. The molecule has 0 spiro atoms. The van der Waals surface area contributed by atoms with Gasteiger partial charge in [0.2, 0.25) is 0 Å². The van der Waals surface area contributed by atoms with Crippen molar-refractivity contribution < 1.29 is 19.1 Å². The van der Waals surface area contributed by atoms with Crippen LogP contribution in [0.4, 0.5) is 5.00 Å². The Kier molecular flexibility index (Phi) is 6.26. The summed E-state index contributed by atoms with van der Waals surface area (Å²) in [5.74, 6) is -1.17. The molecule has 0 aliphatic rings. The highest BCUT2D eigenvalue weighted by atomic mass is 32.1. The molecule has 1 rings (SSSR count). The Labute approximate surface area is 120 Å². The molecule has 0 aromatic carbocycles. The summed E-state index contributed by atoms with van der Waals surface area (Å²) in [5, 5.41) is 13.8. The quantitative estimate of drug-likeness (QED) is 0.492. The van der Waals surface area contributed by atoms with Gasteiger partial charge in [0.25, 0.3) is 0 Å². The molecule has 0 atom stereocenters. The fraction of sp³-hybridized carbons (Fsp3) is 0.308. The zero-order valence-corrected chi connectivity index (χ0v) is 12.0. The van der Waals surface area contributed by atoms with Gasteiger partial charge in [-0.25, -0.2) is 9.59 Å². The van der Waals surface area contributed by atoms with E-state index in [1.807, 2.05) is 0 Å². The van der Waals surface area contributed by atoms with Gasteiger partial charge in [-0.15, -0.1) is 11.3 Å². The van der Waals surface area contributed by atoms with Crippen LogP contribution in [0.25, 0.3) is 0 Å². The van der Waals surface area contributed by atoms with E-state index in [1.54, 1.807) is 31.4 Å². The highest BCUT2D eigenvalue weighted by molar-refractivity contribution is 7.14. The zero-order valence-electron chi connectivity index (χ0n) is 11.1. The first kappa shape index (κ1) is 15.7. The molecule has 1 aromatic heterocycles. The molecule has 0 radical (unpaired) electrons. The fourth-order valence-electron chi connectivity index (χ4n) is 1.27. The number of carbonyl (C=O) groups is 2. The van der Waals surface area contributed by atoms with Gasteiger partial charge in [0.15, 0.2) is 5.57 Å². The molecule has 7 heteroatoms. The third-order valence-electron chi connectivity index (χ3n) is 2.12. The molecule has 1 heterocycles. The van der Waals surface area contributed by atoms with Crippen molar-refractivity contribution in [2.45, 2.75) is 13.8 Å². The Hall–Kier alpha value is -2.33. The maximum Gasteiger partial charge on any atom is 0.350 e. The van der Waals surface area contributed by atoms with Crippen LogP contribution in [0.3, 0.4) is 0 Å². The van der Waals surface area contributed by atoms with Crippen LogP contribution in [0, 0.1) is 11.3 Å². The summed E-state index contributed by atoms with van der Waals surface area (Å²) in [6.07, 6.45) is 1.21. The number of anilines is 1. The van der Waals surface area contributed by atoms with Crippen LogP contribution in [-0.2, 0) is 14.3 Å². The Bertz CT molecular complexity index is 557. The molecule has 20 heavy (non-hydrogen) atoms. The maximum atomic E-state index is 11.6. The molecule has 0 bridgehead atoms. The summed E-state index contributed by atoms with van der Waals surface area (Å²) in [4.78, 5) is 23.1. The van der Waals surface area contributed by atoms with Crippen LogP contribution in [0.15, 0.2) is 23.2 Å². The number of ether oxygens (including phenoxy) is 2. The van der Waals surface area contributed by atoms with Crippen molar-refractivity contribution in [2.75, 3.05) is 18.5 Å². The molecule has 0 unspecified atom stereocenters. The van der Waals surface area contributed by atoms with Crippen molar-refractivity contribution >= 4 is 28.3 Å². The monoisotopic (exact) mass is 294 g/mol. The van der Waals surface area contributed by atoms with E-state index >= 15 is 0 Å². The highest BCUT2D eigenvalue weighted by Gasteiger charge is 2.14. The van der Waals surface area contributed by atoms with Crippen LogP contribution in [0.5, 0.6) is 0 Å². The van der Waals surface area contributed by atoms with Gasteiger partial charge in [-0.05, 0) is 25.3 Å². The van der Waals surface area contributed by atoms with E-state index in [0.29, 0.717) is 10.6 Å². The van der Waals surface area contributed by atoms with Crippen LogP contribution in [-0.4, -0.2) is 25.2 Å². The molecular formula is C13H14N2O4S. The molecule has 6 nitrogen and oxygen atoms in total. The Morgan fingerprint density at radius 1 is 1.40 bits per heavy atom. The van der Waals surface area contributed by atoms with E-state index in [-0.39, 0.29) is 18.8 Å². The molecule has 0 aliphatic carbocycles. The molecule has 106 valence electrons. The number of nitrogens with one attached hydrogen (secondary N) is 1. The van der Waals surface area contributed by atoms with E-state index in [0.717, 1.165) is 0 Å². The minimum absolute atomic E-state index is 0.171. The van der Waals surface area contributed by atoms with Gasteiger partial charge in [0, 0.05) is 6.20 Å². The second kappa shape index (κ2) is 7.96. The lowest BCUT2D eigenvalue weighted by Crippen LogP contribution is -2.09. The largest absolute Gasteiger partial charge is 0.462 e. The van der Waals surface area contributed by atoms with Gasteiger partial charge in [0.1, 0.15) is 11.1 Å². The Morgan fingerprint density at radius 3 is 2.70 bits per heavy atom. The van der Waals surface area contributed by atoms with Gasteiger partial charge < -0.3 is 14.8 Å². The predicted molar refractivity (Wildman–Crippen MR) is 74.2 cm³/mol. The normalized spacial score (nSPS) is 10.6. The van der Waals surface area contributed by atoms with Crippen LogP contribution in [0.1, 0.15) is 24.2 Å². The standard InChI is InChI=1S/C13H14N2O4S/c1-3-18-12(16)9(7-14)8-15-11-10(5-6-20-11)13(17)19-4-2/h5-6,8,15H,3-4H2,1-2H3. The lowest BCUT2D eigenvalue weighted by molar-refractivity contribution is -0.138. The maximum absolute atomic E-state index is 11.6. The van der Waals surface area contributed by atoms with Gasteiger partial charge in [-0.1, -0.05) is 0 Å². The van der Waals surface area contributed by atoms with Gasteiger partial charge in [-0.2, -0.15) is 5.26 Å². The summed E-state index contributed by atoms with van der Waals surface area (Å²) in [6, 6.07) is 3.34. The van der Waals surface area contributed by atoms with Crippen molar-refractivity contribution in [3.8, 4) is 6.07 Å². The van der Waals surface area contributed by atoms with Gasteiger partial charge in [0.05, 0.1) is 18.8 Å². The SMILES string of the molecule is CCOC(=O)C(C#N)=CNc1sccc1C(=O)OCC. The zero-order chi connectivity index (χ0) is 15.0. The average molecular weight is 294 g/mol. The number of esters is 2. The van der Waals surface area contributed by atoms with E-state index in [4.69, 9.17) is 14.7 Å². The smallest absolute Gasteiger partial charge is 0.350 e.